The number of likely N-dealkylation sites (tertiary alicyclic amines) is 1. The molecule has 156 valence electrons. The van der Waals surface area contributed by atoms with Gasteiger partial charge in [-0.15, -0.1) is 0 Å². The van der Waals surface area contributed by atoms with Gasteiger partial charge in [-0.1, -0.05) is 12.1 Å². The van der Waals surface area contributed by atoms with Crippen molar-refractivity contribution in [3.8, 4) is 0 Å². The number of amides is 1. The molecule has 0 bridgehead atoms. The van der Waals surface area contributed by atoms with E-state index in [0.717, 1.165) is 75.8 Å². The second-order valence-electron chi connectivity index (χ2n) is 8.22. The van der Waals surface area contributed by atoms with Crippen LogP contribution in [0.25, 0.3) is 0 Å². The third-order valence-corrected chi connectivity index (χ3v) is 6.23. The fourth-order valence-electron chi connectivity index (χ4n) is 4.66. The van der Waals surface area contributed by atoms with Crippen LogP contribution in [0.15, 0.2) is 24.3 Å². The van der Waals surface area contributed by atoms with Crippen molar-refractivity contribution in [1.29, 1.82) is 0 Å². The number of piperidine rings is 1. The number of carbonyl (C=O) groups is 1. The van der Waals surface area contributed by atoms with Crippen molar-refractivity contribution in [2.24, 2.45) is 0 Å². The lowest BCUT2D eigenvalue weighted by Gasteiger charge is -2.27. The minimum absolute atomic E-state index is 0.105. The number of nitrogens with zero attached hydrogens (tertiary/aromatic N) is 3. The van der Waals surface area contributed by atoms with Crippen LogP contribution in [0.3, 0.4) is 0 Å². The maximum atomic E-state index is 13.4. The van der Waals surface area contributed by atoms with Crippen LogP contribution in [-0.2, 0) is 25.8 Å². The molecule has 0 unspecified atom stereocenters. The van der Waals surface area contributed by atoms with Crippen LogP contribution in [0, 0.1) is 5.82 Å². The van der Waals surface area contributed by atoms with Crippen LogP contribution >= 0.6 is 0 Å². The molecule has 1 aliphatic carbocycles. The monoisotopic (exact) mass is 398 g/mol. The van der Waals surface area contributed by atoms with Gasteiger partial charge in [0.2, 0.25) is 0 Å². The van der Waals surface area contributed by atoms with Crippen molar-refractivity contribution < 1.29 is 9.18 Å². The largest absolute Gasteiger partial charge is 0.337 e. The van der Waals surface area contributed by atoms with E-state index in [2.05, 4.69) is 12.2 Å². The first-order valence-corrected chi connectivity index (χ1v) is 11.0. The van der Waals surface area contributed by atoms with Crippen molar-refractivity contribution >= 4 is 5.91 Å². The summed E-state index contributed by atoms with van der Waals surface area (Å²) in [5, 5.41) is 8.33. The van der Waals surface area contributed by atoms with Crippen molar-refractivity contribution in [2.75, 3.05) is 19.6 Å². The van der Waals surface area contributed by atoms with E-state index in [0.29, 0.717) is 11.7 Å². The molecule has 5 nitrogen and oxygen atoms in total. The van der Waals surface area contributed by atoms with Crippen LogP contribution in [0.5, 0.6) is 0 Å². The fraction of sp³-hybridized carbons (Fsp3) is 0.565. The summed E-state index contributed by atoms with van der Waals surface area (Å²) in [4.78, 5) is 15.1. The highest BCUT2D eigenvalue weighted by Crippen LogP contribution is 2.27. The lowest BCUT2D eigenvalue weighted by Crippen LogP contribution is -2.38. The quantitative estimate of drug-likeness (QED) is 0.812. The van der Waals surface area contributed by atoms with Crippen molar-refractivity contribution in [3.05, 3.63) is 52.6 Å². The number of aryl methyl sites for hydroxylation is 1. The molecule has 2 aromatic rings. The molecule has 2 heterocycles. The van der Waals surface area contributed by atoms with Gasteiger partial charge in [-0.3, -0.25) is 9.48 Å². The van der Waals surface area contributed by atoms with Gasteiger partial charge in [-0.05, 0) is 76.1 Å². The van der Waals surface area contributed by atoms with E-state index in [-0.39, 0.29) is 11.7 Å². The number of hydrogen-bond donors (Lipinski definition) is 1. The van der Waals surface area contributed by atoms with Crippen LogP contribution in [0.4, 0.5) is 4.39 Å². The van der Waals surface area contributed by atoms with Gasteiger partial charge in [0.25, 0.3) is 5.91 Å². The second-order valence-corrected chi connectivity index (χ2v) is 8.22. The van der Waals surface area contributed by atoms with Crippen LogP contribution in [0.2, 0.25) is 0 Å². The molecule has 0 spiro atoms. The number of halogens is 1. The first-order chi connectivity index (χ1) is 14.2. The third-order valence-electron chi connectivity index (χ3n) is 6.23. The van der Waals surface area contributed by atoms with Gasteiger partial charge in [0.15, 0.2) is 5.69 Å². The molecule has 0 saturated carbocycles. The Morgan fingerprint density at radius 1 is 1.28 bits per heavy atom. The molecule has 1 aliphatic heterocycles. The highest BCUT2D eigenvalue weighted by molar-refractivity contribution is 5.94. The molecule has 6 heteroatoms. The molecule has 2 aliphatic rings. The van der Waals surface area contributed by atoms with Gasteiger partial charge in [-0.2, -0.15) is 5.10 Å². The molecule has 0 radical (unpaired) electrons. The predicted octanol–water partition coefficient (Wildman–Crippen LogP) is 3.36. The summed E-state index contributed by atoms with van der Waals surface area (Å²) < 4.78 is 15.4. The van der Waals surface area contributed by atoms with Gasteiger partial charge in [0.05, 0.1) is 0 Å². The van der Waals surface area contributed by atoms with E-state index in [1.54, 1.807) is 12.1 Å². The van der Waals surface area contributed by atoms with Crippen molar-refractivity contribution in [3.63, 3.8) is 0 Å². The lowest BCUT2D eigenvalue weighted by atomic mass is 9.90. The molecule has 1 aromatic carbocycles. The van der Waals surface area contributed by atoms with Crippen molar-refractivity contribution in [2.45, 2.75) is 64.5 Å². The average Bonchev–Trinajstić information content (AvgIpc) is 3.12. The molecule has 29 heavy (non-hydrogen) atoms. The van der Waals surface area contributed by atoms with Crippen LogP contribution in [-0.4, -0.2) is 46.3 Å². The minimum Gasteiger partial charge on any atom is -0.337 e. The third kappa shape index (κ3) is 4.53. The highest BCUT2D eigenvalue weighted by Gasteiger charge is 2.31. The maximum absolute atomic E-state index is 13.4. The number of hydrogen-bond acceptors (Lipinski definition) is 3. The predicted molar refractivity (Wildman–Crippen MR) is 112 cm³/mol. The molecule has 4 rings (SSSR count). The summed E-state index contributed by atoms with van der Waals surface area (Å²) in [5.41, 5.74) is 4.04. The summed E-state index contributed by atoms with van der Waals surface area (Å²) in [6.45, 7) is 5.39. The molecule has 1 atom stereocenters. The zero-order chi connectivity index (χ0) is 20.2. The molecular weight excluding hydrogens is 367 g/mol. The van der Waals surface area contributed by atoms with E-state index in [1.165, 1.54) is 18.2 Å². The van der Waals surface area contributed by atoms with E-state index in [1.807, 2.05) is 15.6 Å². The topological polar surface area (TPSA) is 50.2 Å². The first-order valence-electron chi connectivity index (χ1n) is 11.0. The number of aromatic nitrogens is 2. The molecule has 1 saturated heterocycles. The van der Waals surface area contributed by atoms with Gasteiger partial charge in [-0.25, -0.2) is 4.39 Å². The normalized spacial score (nSPS) is 19.2. The Morgan fingerprint density at radius 3 is 2.86 bits per heavy atom. The lowest BCUT2D eigenvalue weighted by molar-refractivity contribution is 0.0716. The molecular formula is C23H31FN4O. The summed E-state index contributed by atoms with van der Waals surface area (Å²) in [6.07, 6.45) is 7.02. The zero-order valence-electron chi connectivity index (χ0n) is 17.3. The average molecular weight is 399 g/mol. The maximum Gasteiger partial charge on any atom is 0.274 e. The van der Waals surface area contributed by atoms with Gasteiger partial charge in [0, 0.05) is 36.9 Å². The highest BCUT2D eigenvalue weighted by atomic mass is 19.1. The molecule has 1 fully saturated rings. The fourth-order valence-corrected chi connectivity index (χ4v) is 4.66. The van der Waals surface area contributed by atoms with Crippen LogP contribution in [0.1, 0.15) is 59.9 Å². The van der Waals surface area contributed by atoms with E-state index in [4.69, 9.17) is 5.10 Å². The second kappa shape index (κ2) is 9.08. The SMILES string of the molecule is CCn1nc(C(=O)N2CCCCC2)c2c1CC[C@@H](NCCc1cccc(F)c1)C2. The zero-order valence-corrected chi connectivity index (χ0v) is 17.3. The Kier molecular flexibility index (Phi) is 6.28. The van der Waals surface area contributed by atoms with E-state index in [9.17, 15) is 9.18 Å². The summed E-state index contributed by atoms with van der Waals surface area (Å²) >= 11 is 0. The standard InChI is InChI=1S/C23H31FN4O/c1-2-28-21-10-9-19(25-12-11-17-7-6-8-18(24)15-17)16-20(21)22(26-28)23(29)27-13-4-3-5-14-27/h6-8,15,19,25H,2-5,9-14,16H2,1H3/t19-/m1/s1. The number of rotatable bonds is 6. The Balaban J connectivity index is 1.43. The first kappa shape index (κ1) is 20.1. The van der Waals surface area contributed by atoms with E-state index < -0.39 is 0 Å². The van der Waals surface area contributed by atoms with Crippen LogP contribution < -0.4 is 5.32 Å². The molecule has 1 amide bonds. The number of fused-ring (bicyclic) bond motifs is 1. The Hall–Kier alpha value is -2.21. The Morgan fingerprint density at radius 2 is 2.10 bits per heavy atom. The van der Waals surface area contributed by atoms with Gasteiger partial charge >= 0.3 is 0 Å². The number of carbonyl (C=O) groups excluding carboxylic acids is 1. The smallest absolute Gasteiger partial charge is 0.274 e. The van der Waals surface area contributed by atoms with E-state index >= 15 is 0 Å². The summed E-state index contributed by atoms with van der Waals surface area (Å²) in [6, 6.07) is 7.13. The molecule has 1 N–H and O–H groups in total. The number of nitrogens with one attached hydrogen (secondary N) is 1. The summed E-state index contributed by atoms with van der Waals surface area (Å²) in [7, 11) is 0. The van der Waals surface area contributed by atoms with Gasteiger partial charge < -0.3 is 10.2 Å². The Labute approximate surface area is 172 Å². The minimum atomic E-state index is -0.183. The van der Waals surface area contributed by atoms with Crippen molar-refractivity contribution in [1.82, 2.24) is 20.0 Å². The Bertz CT molecular complexity index is 857. The summed E-state index contributed by atoms with van der Waals surface area (Å²) in [5.74, 6) is -0.0776. The number of benzene rings is 1. The van der Waals surface area contributed by atoms with Gasteiger partial charge in [0.1, 0.15) is 5.82 Å². The molecule has 1 aromatic heterocycles.